The Morgan fingerprint density at radius 3 is 2.39 bits per heavy atom. The van der Waals surface area contributed by atoms with Gasteiger partial charge in [-0.25, -0.2) is 13.1 Å². The lowest BCUT2D eigenvalue weighted by molar-refractivity contribution is 0.580. The molecule has 0 spiro atoms. The summed E-state index contributed by atoms with van der Waals surface area (Å²) in [5.41, 5.74) is 6.13. The zero-order valence-electron chi connectivity index (χ0n) is 9.74. The largest absolute Gasteiger partial charge is 0.399 e. The maximum Gasteiger partial charge on any atom is 0.242 e. The third-order valence-corrected chi connectivity index (χ3v) is 6.14. The summed E-state index contributed by atoms with van der Waals surface area (Å²) >= 11 is 8.13. The van der Waals surface area contributed by atoms with Gasteiger partial charge in [0.25, 0.3) is 0 Å². The topological polar surface area (TPSA) is 72.2 Å². The smallest absolute Gasteiger partial charge is 0.242 e. The summed E-state index contributed by atoms with van der Waals surface area (Å²) in [7, 11) is -3.53. The molecule has 4 nitrogen and oxygen atoms in total. The summed E-state index contributed by atoms with van der Waals surface area (Å²) in [4.78, 5) is 0.181. The summed E-state index contributed by atoms with van der Waals surface area (Å²) in [6.07, 6.45) is 2.78. The van der Waals surface area contributed by atoms with Gasteiger partial charge >= 0.3 is 0 Å². The summed E-state index contributed by atoms with van der Waals surface area (Å²) in [5, 5.41) is 0. The first-order valence-corrected chi connectivity index (χ1v) is 9.58. The molecule has 0 aromatic heterocycles. The Morgan fingerprint density at radius 1 is 1.33 bits per heavy atom. The molecule has 1 aromatic carbocycles. The maximum atomic E-state index is 12.1. The van der Waals surface area contributed by atoms with Crippen LogP contribution in [0.15, 0.2) is 26.0 Å². The number of thioether (sulfide) groups is 1. The molecule has 3 N–H and O–H groups in total. The number of hydrogen-bond donors (Lipinski definition) is 2. The van der Waals surface area contributed by atoms with Gasteiger partial charge in [0, 0.05) is 21.2 Å². The van der Waals surface area contributed by atoms with Gasteiger partial charge in [0.05, 0.1) is 0 Å². The number of rotatable bonds is 6. The Morgan fingerprint density at radius 2 is 1.89 bits per heavy atom. The number of nitrogen functional groups attached to an aromatic ring is 1. The highest BCUT2D eigenvalue weighted by molar-refractivity contribution is 9.11. The highest BCUT2D eigenvalue weighted by atomic mass is 79.9. The van der Waals surface area contributed by atoms with Crippen LogP contribution in [0.4, 0.5) is 5.69 Å². The van der Waals surface area contributed by atoms with Crippen LogP contribution in [-0.4, -0.2) is 27.0 Å². The molecule has 0 saturated carbocycles. The minimum absolute atomic E-state index is 0.181. The first kappa shape index (κ1) is 16.3. The van der Waals surface area contributed by atoms with Crippen molar-refractivity contribution in [2.24, 2.45) is 0 Å². The standard InChI is InChI=1S/C10H14Br2N2O2S2/c1-17-4-2-3-14-18(15,16)10-8(11)5-7(13)6-9(10)12/h5-6,14H,2-4,13H2,1H3. The number of hydrogen-bond acceptors (Lipinski definition) is 4. The molecule has 102 valence electrons. The molecule has 0 bridgehead atoms. The molecule has 0 atom stereocenters. The van der Waals surface area contributed by atoms with Crippen LogP contribution in [-0.2, 0) is 10.0 Å². The van der Waals surface area contributed by atoms with Crippen molar-refractivity contribution in [1.29, 1.82) is 0 Å². The molecule has 0 amide bonds. The van der Waals surface area contributed by atoms with Gasteiger partial charge in [-0.05, 0) is 62.4 Å². The Hall–Kier alpha value is 0.240. The zero-order chi connectivity index (χ0) is 13.8. The van der Waals surface area contributed by atoms with Crippen LogP contribution < -0.4 is 10.5 Å². The van der Waals surface area contributed by atoms with E-state index in [-0.39, 0.29) is 4.90 Å². The van der Waals surface area contributed by atoms with Crippen molar-refractivity contribution in [1.82, 2.24) is 4.72 Å². The molecule has 0 heterocycles. The van der Waals surface area contributed by atoms with E-state index < -0.39 is 10.0 Å². The molecule has 0 aliphatic rings. The van der Waals surface area contributed by atoms with Gasteiger partial charge in [-0.2, -0.15) is 11.8 Å². The lowest BCUT2D eigenvalue weighted by Gasteiger charge is -2.11. The molecule has 1 aromatic rings. The number of anilines is 1. The molecule has 0 saturated heterocycles. The van der Waals surface area contributed by atoms with Crippen molar-refractivity contribution in [2.75, 3.05) is 24.3 Å². The van der Waals surface area contributed by atoms with Crippen molar-refractivity contribution < 1.29 is 8.42 Å². The normalized spacial score (nSPS) is 11.7. The van der Waals surface area contributed by atoms with Gasteiger partial charge in [0.2, 0.25) is 10.0 Å². The number of nitrogens with two attached hydrogens (primary N) is 1. The summed E-state index contributed by atoms with van der Waals surface area (Å²) in [5.74, 6) is 0.923. The molecule has 0 unspecified atom stereocenters. The second kappa shape index (κ2) is 7.14. The number of nitrogens with one attached hydrogen (secondary N) is 1. The van der Waals surface area contributed by atoms with Crippen molar-refractivity contribution in [3.8, 4) is 0 Å². The Labute approximate surface area is 128 Å². The van der Waals surface area contributed by atoms with Gasteiger partial charge in [0.1, 0.15) is 4.90 Å². The van der Waals surface area contributed by atoms with Crippen LogP contribution in [0.1, 0.15) is 6.42 Å². The van der Waals surface area contributed by atoms with Crippen LogP contribution in [0, 0.1) is 0 Å². The molecule has 0 fully saturated rings. The third-order valence-electron chi connectivity index (χ3n) is 2.11. The average Bonchev–Trinajstić information content (AvgIpc) is 2.22. The van der Waals surface area contributed by atoms with Crippen LogP contribution in [0.5, 0.6) is 0 Å². The van der Waals surface area contributed by atoms with E-state index >= 15 is 0 Å². The molecule has 0 radical (unpaired) electrons. The highest BCUT2D eigenvalue weighted by Crippen LogP contribution is 2.32. The van der Waals surface area contributed by atoms with Crippen molar-refractivity contribution in [3.63, 3.8) is 0 Å². The molecule has 0 aliphatic heterocycles. The molecule has 8 heteroatoms. The van der Waals surface area contributed by atoms with Gasteiger partial charge in [0.15, 0.2) is 0 Å². The zero-order valence-corrected chi connectivity index (χ0v) is 14.5. The molecule has 0 aliphatic carbocycles. The monoisotopic (exact) mass is 416 g/mol. The average molecular weight is 418 g/mol. The lowest BCUT2D eigenvalue weighted by atomic mass is 10.3. The van der Waals surface area contributed by atoms with Gasteiger partial charge in [-0.1, -0.05) is 0 Å². The van der Waals surface area contributed by atoms with Gasteiger partial charge < -0.3 is 5.73 Å². The highest BCUT2D eigenvalue weighted by Gasteiger charge is 2.21. The number of benzene rings is 1. The lowest BCUT2D eigenvalue weighted by Crippen LogP contribution is -2.26. The van der Waals surface area contributed by atoms with E-state index in [1.807, 2.05) is 6.26 Å². The second-order valence-electron chi connectivity index (χ2n) is 3.56. The van der Waals surface area contributed by atoms with E-state index in [4.69, 9.17) is 5.73 Å². The first-order valence-electron chi connectivity index (χ1n) is 5.11. The minimum Gasteiger partial charge on any atom is -0.399 e. The van der Waals surface area contributed by atoms with E-state index in [2.05, 4.69) is 36.6 Å². The molecular weight excluding hydrogens is 404 g/mol. The molecule has 1 rings (SSSR count). The van der Waals surface area contributed by atoms with Gasteiger partial charge in [-0.15, -0.1) is 0 Å². The Balaban J connectivity index is 2.92. The quantitative estimate of drug-likeness (QED) is 0.551. The fraction of sp³-hybridized carbons (Fsp3) is 0.400. The predicted octanol–water partition coefficient (Wildman–Crippen LogP) is 2.83. The summed E-state index contributed by atoms with van der Waals surface area (Å²) in [6, 6.07) is 3.14. The third kappa shape index (κ3) is 4.41. The summed E-state index contributed by atoms with van der Waals surface area (Å²) in [6.45, 7) is 0.423. The van der Waals surface area contributed by atoms with Gasteiger partial charge in [-0.3, -0.25) is 0 Å². The minimum atomic E-state index is -3.53. The van der Waals surface area contributed by atoms with E-state index in [1.165, 1.54) is 0 Å². The van der Waals surface area contributed by atoms with Crippen LogP contribution >= 0.6 is 43.6 Å². The molecular formula is C10H14Br2N2O2S2. The first-order chi connectivity index (χ1) is 8.38. The predicted molar refractivity (Wildman–Crippen MR) is 84.4 cm³/mol. The van der Waals surface area contributed by atoms with E-state index in [0.29, 0.717) is 21.2 Å². The SMILES string of the molecule is CSCCCNS(=O)(=O)c1c(Br)cc(N)cc1Br. The fourth-order valence-electron chi connectivity index (χ4n) is 1.33. The van der Waals surface area contributed by atoms with Crippen molar-refractivity contribution >= 4 is 59.3 Å². The number of sulfonamides is 1. The summed E-state index contributed by atoms with van der Waals surface area (Å²) < 4.78 is 27.7. The Kier molecular flexibility index (Phi) is 6.46. The fourth-order valence-corrected chi connectivity index (χ4v) is 5.45. The second-order valence-corrected chi connectivity index (χ2v) is 7.96. The van der Waals surface area contributed by atoms with Crippen LogP contribution in [0.2, 0.25) is 0 Å². The van der Waals surface area contributed by atoms with Crippen molar-refractivity contribution in [2.45, 2.75) is 11.3 Å². The molecule has 18 heavy (non-hydrogen) atoms. The van der Waals surface area contributed by atoms with Crippen molar-refractivity contribution in [3.05, 3.63) is 21.1 Å². The van der Waals surface area contributed by atoms with E-state index in [0.717, 1.165) is 12.2 Å². The Bertz CT molecular complexity index is 498. The van der Waals surface area contributed by atoms with E-state index in [9.17, 15) is 8.42 Å². The van der Waals surface area contributed by atoms with Crippen LogP contribution in [0.3, 0.4) is 0 Å². The maximum absolute atomic E-state index is 12.1. The van der Waals surface area contributed by atoms with Crippen LogP contribution in [0.25, 0.3) is 0 Å². The number of halogens is 2. The van der Waals surface area contributed by atoms with E-state index in [1.54, 1.807) is 23.9 Å².